The van der Waals surface area contributed by atoms with Crippen LogP contribution in [0.2, 0.25) is 0 Å². The molecule has 1 aliphatic carbocycles. The molecule has 110 valence electrons. The Morgan fingerprint density at radius 1 is 1.23 bits per heavy atom. The van der Waals surface area contributed by atoms with Gasteiger partial charge in [0.15, 0.2) is 5.82 Å². The summed E-state index contributed by atoms with van der Waals surface area (Å²) in [7, 11) is 0. The number of phenols is 1. The first-order valence-corrected chi connectivity index (χ1v) is 7.30. The number of aromatic hydroxyl groups is 1. The SMILES string of the molecule is O=C(Nc1n[nH]c2cc(-c3ccccc3O)ccc12)C1CC1. The first kappa shape index (κ1) is 12.9. The van der Waals surface area contributed by atoms with Gasteiger partial charge in [0.2, 0.25) is 5.91 Å². The highest BCUT2D eigenvalue weighted by atomic mass is 16.3. The average Bonchev–Trinajstić information content (AvgIpc) is 3.31. The summed E-state index contributed by atoms with van der Waals surface area (Å²) in [5.41, 5.74) is 2.49. The van der Waals surface area contributed by atoms with Gasteiger partial charge in [-0.05, 0) is 36.6 Å². The normalized spacial score (nSPS) is 14.2. The number of aromatic amines is 1. The summed E-state index contributed by atoms with van der Waals surface area (Å²) in [6.45, 7) is 0. The van der Waals surface area contributed by atoms with E-state index in [1.807, 2.05) is 30.3 Å². The van der Waals surface area contributed by atoms with E-state index >= 15 is 0 Å². The number of amides is 1. The molecule has 1 amide bonds. The van der Waals surface area contributed by atoms with Crippen molar-refractivity contribution in [1.29, 1.82) is 0 Å². The van der Waals surface area contributed by atoms with Crippen LogP contribution in [0.4, 0.5) is 5.82 Å². The lowest BCUT2D eigenvalue weighted by Gasteiger charge is -2.05. The maximum Gasteiger partial charge on any atom is 0.228 e. The number of nitrogens with zero attached hydrogens (tertiary/aromatic N) is 1. The van der Waals surface area contributed by atoms with Crippen LogP contribution < -0.4 is 5.32 Å². The molecule has 0 bridgehead atoms. The predicted molar refractivity (Wildman–Crippen MR) is 84.5 cm³/mol. The zero-order valence-corrected chi connectivity index (χ0v) is 11.8. The summed E-state index contributed by atoms with van der Waals surface area (Å²) >= 11 is 0. The van der Waals surface area contributed by atoms with Crippen LogP contribution in [0.25, 0.3) is 22.0 Å². The Balaban J connectivity index is 1.70. The molecule has 0 unspecified atom stereocenters. The molecule has 3 N–H and O–H groups in total. The Labute approximate surface area is 127 Å². The van der Waals surface area contributed by atoms with Crippen molar-refractivity contribution in [1.82, 2.24) is 10.2 Å². The van der Waals surface area contributed by atoms with Crippen molar-refractivity contribution < 1.29 is 9.90 Å². The predicted octanol–water partition coefficient (Wildman–Crippen LogP) is 3.28. The average molecular weight is 293 g/mol. The molecule has 0 saturated heterocycles. The second-order valence-electron chi connectivity index (χ2n) is 5.61. The fraction of sp³-hybridized carbons (Fsp3) is 0.176. The molecule has 1 aliphatic rings. The Kier molecular flexibility index (Phi) is 2.85. The summed E-state index contributed by atoms with van der Waals surface area (Å²) in [4.78, 5) is 11.9. The van der Waals surface area contributed by atoms with Crippen LogP contribution >= 0.6 is 0 Å². The third kappa shape index (κ3) is 2.20. The van der Waals surface area contributed by atoms with Gasteiger partial charge in [-0.3, -0.25) is 9.89 Å². The molecular weight excluding hydrogens is 278 g/mol. The van der Waals surface area contributed by atoms with Crippen LogP contribution in [0.5, 0.6) is 5.75 Å². The number of rotatable bonds is 3. The number of carbonyl (C=O) groups excluding carboxylic acids is 1. The van der Waals surface area contributed by atoms with Gasteiger partial charge in [0.1, 0.15) is 5.75 Å². The molecule has 4 rings (SSSR count). The minimum absolute atomic E-state index is 0.0400. The minimum atomic E-state index is 0.0400. The largest absolute Gasteiger partial charge is 0.507 e. The molecule has 0 spiro atoms. The fourth-order valence-electron chi connectivity index (χ4n) is 2.56. The number of benzene rings is 2. The van der Waals surface area contributed by atoms with Crippen molar-refractivity contribution in [2.45, 2.75) is 12.8 Å². The zero-order valence-electron chi connectivity index (χ0n) is 11.8. The van der Waals surface area contributed by atoms with Gasteiger partial charge in [-0.2, -0.15) is 5.10 Å². The maximum atomic E-state index is 11.9. The monoisotopic (exact) mass is 293 g/mol. The Morgan fingerprint density at radius 3 is 2.82 bits per heavy atom. The first-order valence-electron chi connectivity index (χ1n) is 7.30. The molecule has 0 atom stereocenters. The quantitative estimate of drug-likeness (QED) is 0.693. The van der Waals surface area contributed by atoms with Gasteiger partial charge in [0.25, 0.3) is 0 Å². The number of nitrogens with one attached hydrogen (secondary N) is 2. The highest BCUT2D eigenvalue weighted by molar-refractivity contribution is 6.02. The van der Waals surface area contributed by atoms with Gasteiger partial charge in [-0.15, -0.1) is 0 Å². The summed E-state index contributed by atoms with van der Waals surface area (Å²) in [5.74, 6) is 0.991. The minimum Gasteiger partial charge on any atom is -0.507 e. The second-order valence-corrected chi connectivity index (χ2v) is 5.61. The van der Waals surface area contributed by atoms with Gasteiger partial charge >= 0.3 is 0 Å². The van der Waals surface area contributed by atoms with Gasteiger partial charge in [0.05, 0.1) is 5.52 Å². The number of aromatic nitrogens is 2. The van der Waals surface area contributed by atoms with E-state index in [9.17, 15) is 9.90 Å². The van der Waals surface area contributed by atoms with Gasteiger partial charge in [-0.25, -0.2) is 0 Å². The van der Waals surface area contributed by atoms with E-state index < -0.39 is 0 Å². The van der Waals surface area contributed by atoms with E-state index in [4.69, 9.17) is 0 Å². The molecule has 1 aromatic heterocycles. The Bertz CT molecular complexity index is 865. The first-order chi connectivity index (χ1) is 10.7. The smallest absolute Gasteiger partial charge is 0.228 e. The van der Waals surface area contributed by atoms with E-state index in [1.54, 1.807) is 12.1 Å². The number of fused-ring (bicyclic) bond motifs is 1. The number of carbonyl (C=O) groups is 1. The zero-order chi connectivity index (χ0) is 15.1. The molecule has 1 heterocycles. The standard InChI is InChI=1S/C17H15N3O2/c21-15-4-2-1-3-12(15)11-7-8-13-14(9-11)19-20-16(13)18-17(22)10-5-6-10/h1-4,7-10,21H,5-6H2,(H2,18,19,20,22). The number of H-pyrrole nitrogens is 1. The van der Waals surface area contributed by atoms with Gasteiger partial charge in [0, 0.05) is 16.9 Å². The van der Waals surface area contributed by atoms with Crippen LogP contribution in [0.3, 0.4) is 0 Å². The summed E-state index contributed by atoms with van der Waals surface area (Å²) in [6.07, 6.45) is 1.93. The molecule has 22 heavy (non-hydrogen) atoms. The van der Waals surface area contributed by atoms with Gasteiger partial charge in [-0.1, -0.05) is 24.3 Å². The molecule has 2 aromatic carbocycles. The second kappa shape index (κ2) is 4.87. The third-order valence-corrected chi connectivity index (χ3v) is 3.97. The van der Waals surface area contributed by atoms with Crippen molar-refractivity contribution in [3.8, 4) is 16.9 Å². The van der Waals surface area contributed by atoms with E-state index in [1.165, 1.54) is 0 Å². The van der Waals surface area contributed by atoms with Crippen molar-refractivity contribution in [2.24, 2.45) is 5.92 Å². The van der Waals surface area contributed by atoms with E-state index in [-0.39, 0.29) is 17.6 Å². The molecule has 1 fully saturated rings. The lowest BCUT2D eigenvalue weighted by Crippen LogP contribution is -2.13. The molecule has 0 aliphatic heterocycles. The maximum absolute atomic E-state index is 11.9. The topological polar surface area (TPSA) is 78.0 Å². The van der Waals surface area contributed by atoms with Crippen molar-refractivity contribution in [2.75, 3.05) is 5.32 Å². The number of phenolic OH excluding ortho intramolecular Hbond substituents is 1. The van der Waals surface area contributed by atoms with Crippen LogP contribution in [0, 0.1) is 5.92 Å². The van der Waals surface area contributed by atoms with Crippen LogP contribution in [0.15, 0.2) is 42.5 Å². The lowest BCUT2D eigenvalue weighted by atomic mass is 10.0. The summed E-state index contributed by atoms with van der Waals surface area (Å²) in [6, 6.07) is 12.9. The van der Waals surface area contributed by atoms with Crippen molar-refractivity contribution >= 4 is 22.6 Å². The number of para-hydroxylation sites is 1. The van der Waals surface area contributed by atoms with Crippen LogP contribution in [0.1, 0.15) is 12.8 Å². The Hall–Kier alpha value is -2.82. The molecular formula is C17H15N3O2. The molecule has 1 saturated carbocycles. The highest BCUT2D eigenvalue weighted by Crippen LogP contribution is 2.33. The Morgan fingerprint density at radius 2 is 2.05 bits per heavy atom. The number of hydrogen-bond acceptors (Lipinski definition) is 3. The lowest BCUT2D eigenvalue weighted by molar-refractivity contribution is -0.117. The fourth-order valence-corrected chi connectivity index (χ4v) is 2.56. The summed E-state index contributed by atoms with van der Waals surface area (Å²) in [5, 5.41) is 20.8. The van der Waals surface area contributed by atoms with E-state index in [0.29, 0.717) is 5.82 Å². The van der Waals surface area contributed by atoms with Crippen molar-refractivity contribution in [3.05, 3.63) is 42.5 Å². The van der Waals surface area contributed by atoms with Crippen LogP contribution in [-0.2, 0) is 4.79 Å². The van der Waals surface area contributed by atoms with E-state index in [2.05, 4.69) is 15.5 Å². The van der Waals surface area contributed by atoms with E-state index in [0.717, 1.165) is 34.9 Å². The van der Waals surface area contributed by atoms with Crippen LogP contribution in [-0.4, -0.2) is 21.2 Å². The number of anilines is 1. The molecule has 5 heteroatoms. The van der Waals surface area contributed by atoms with Crippen molar-refractivity contribution in [3.63, 3.8) is 0 Å². The van der Waals surface area contributed by atoms with Gasteiger partial charge < -0.3 is 10.4 Å². The molecule has 3 aromatic rings. The summed E-state index contributed by atoms with van der Waals surface area (Å²) < 4.78 is 0. The molecule has 0 radical (unpaired) electrons. The third-order valence-electron chi connectivity index (χ3n) is 3.97. The highest BCUT2D eigenvalue weighted by Gasteiger charge is 2.30. The molecule has 5 nitrogen and oxygen atoms in total. The number of hydrogen-bond donors (Lipinski definition) is 3.